The zero-order chi connectivity index (χ0) is 20.5. The molecule has 0 aliphatic heterocycles. The van der Waals surface area contributed by atoms with Crippen molar-refractivity contribution in [3.8, 4) is 17.4 Å². The highest BCUT2D eigenvalue weighted by molar-refractivity contribution is 14.0. The van der Waals surface area contributed by atoms with Crippen LogP contribution in [0.25, 0.3) is 0 Å². The van der Waals surface area contributed by atoms with Crippen molar-refractivity contribution in [2.24, 2.45) is 12.0 Å². The molecule has 8 nitrogen and oxygen atoms in total. The van der Waals surface area contributed by atoms with E-state index in [0.29, 0.717) is 24.7 Å². The lowest BCUT2D eigenvalue weighted by Crippen LogP contribution is -2.37. The first kappa shape index (κ1) is 23.5. The molecule has 9 heteroatoms. The minimum absolute atomic E-state index is 0. The molecule has 2 N–H and O–H groups in total. The summed E-state index contributed by atoms with van der Waals surface area (Å²) in [5.41, 5.74) is 2.07. The molecule has 3 aromatic rings. The van der Waals surface area contributed by atoms with Gasteiger partial charge in [0.1, 0.15) is 11.5 Å². The van der Waals surface area contributed by atoms with Crippen LogP contribution >= 0.6 is 24.0 Å². The summed E-state index contributed by atoms with van der Waals surface area (Å²) in [5, 5.41) is 10.7. The standard InChI is InChI=1S/C21H26N6O2.HI/c1-4-22-21(25-15-17-10-11-26-27(17)2)24-14-16-8-9-20(23-13-16)29-19-7-5-6-18(12-19)28-3;/h5-13H,4,14-15H2,1-3H3,(H2,22,24,25);1H. The molecule has 1 aromatic carbocycles. The van der Waals surface area contributed by atoms with Crippen LogP contribution in [0, 0.1) is 0 Å². The number of hydrogen-bond acceptors (Lipinski definition) is 5. The van der Waals surface area contributed by atoms with E-state index in [0.717, 1.165) is 29.5 Å². The van der Waals surface area contributed by atoms with Crippen LogP contribution in [0.3, 0.4) is 0 Å². The Hall–Kier alpha value is -2.82. The van der Waals surface area contributed by atoms with Crippen LogP contribution in [0.2, 0.25) is 0 Å². The maximum atomic E-state index is 5.77. The zero-order valence-corrected chi connectivity index (χ0v) is 19.7. The van der Waals surface area contributed by atoms with Crippen LogP contribution in [0.4, 0.5) is 0 Å². The Bertz CT molecular complexity index is 943. The molecule has 2 heterocycles. The third-order valence-electron chi connectivity index (χ3n) is 4.18. The Morgan fingerprint density at radius 1 is 1.13 bits per heavy atom. The van der Waals surface area contributed by atoms with Gasteiger partial charge in [-0.05, 0) is 30.7 Å². The van der Waals surface area contributed by atoms with Gasteiger partial charge in [-0.15, -0.1) is 24.0 Å². The Labute approximate surface area is 193 Å². The SMILES string of the molecule is CCNC(=NCc1ccc(Oc2cccc(OC)c2)nc1)NCc1ccnn1C.I. The van der Waals surface area contributed by atoms with Gasteiger partial charge in [-0.25, -0.2) is 9.98 Å². The molecule has 0 aliphatic carbocycles. The summed E-state index contributed by atoms with van der Waals surface area (Å²) in [6.45, 7) is 3.97. The molecule has 3 rings (SSSR count). The first-order chi connectivity index (χ1) is 14.2. The molecule has 0 aliphatic rings. The molecule has 0 atom stereocenters. The van der Waals surface area contributed by atoms with Crippen molar-refractivity contribution >= 4 is 29.9 Å². The number of nitrogens with one attached hydrogen (secondary N) is 2. The number of aliphatic imine (C=N–C) groups is 1. The number of pyridine rings is 1. The molecule has 0 saturated heterocycles. The molecule has 160 valence electrons. The summed E-state index contributed by atoms with van der Waals surface area (Å²) < 4.78 is 12.8. The van der Waals surface area contributed by atoms with Crippen molar-refractivity contribution in [1.82, 2.24) is 25.4 Å². The van der Waals surface area contributed by atoms with Crippen molar-refractivity contribution in [2.45, 2.75) is 20.0 Å². The maximum absolute atomic E-state index is 5.77. The summed E-state index contributed by atoms with van der Waals surface area (Å²) in [7, 11) is 3.54. The Morgan fingerprint density at radius 2 is 1.97 bits per heavy atom. The molecular formula is C21H27IN6O2. The van der Waals surface area contributed by atoms with Crippen LogP contribution in [0.5, 0.6) is 17.4 Å². The highest BCUT2D eigenvalue weighted by Crippen LogP contribution is 2.23. The van der Waals surface area contributed by atoms with Crippen LogP contribution in [0.15, 0.2) is 59.9 Å². The van der Waals surface area contributed by atoms with Crippen molar-refractivity contribution in [2.75, 3.05) is 13.7 Å². The first-order valence-corrected chi connectivity index (χ1v) is 9.44. The second-order valence-electron chi connectivity index (χ2n) is 6.28. The fourth-order valence-corrected chi connectivity index (χ4v) is 2.61. The number of nitrogens with zero attached hydrogens (tertiary/aromatic N) is 4. The minimum atomic E-state index is 0. The number of hydrogen-bond donors (Lipinski definition) is 2. The second kappa shape index (κ2) is 12.0. The van der Waals surface area contributed by atoms with Gasteiger partial charge in [0.2, 0.25) is 5.88 Å². The Kier molecular flexibility index (Phi) is 9.39. The second-order valence-corrected chi connectivity index (χ2v) is 6.28. The predicted molar refractivity (Wildman–Crippen MR) is 128 cm³/mol. The fraction of sp³-hybridized carbons (Fsp3) is 0.286. The molecule has 0 fully saturated rings. The molecular weight excluding hydrogens is 495 g/mol. The lowest BCUT2D eigenvalue weighted by atomic mass is 10.3. The van der Waals surface area contributed by atoms with Crippen molar-refractivity contribution in [3.05, 3.63) is 66.1 Å². The van der Waals surface area contributed by atoms with Crippen LogP contribution in [-0.4, -0.2) is 34.4 Å². The van der Waals surface area contributed by atoms with E-state index in [1.54, 1.807) is 19.5 Å². The molecule has 0 unspecified atom stereocenters. The van der Waals surface area contributed by atoms with Gasteiger partial charge < -0.3 is 20.1 Å². The van der Waals surface area contributed by atoms with Crippen LogP contribution in [0.1, 0.15) is 18.2 Å². The third kappa shape index (κ3) is 6.90. The van der Waals surface area contributed by atoms with Gasteiger partial charge in [0.05, 0.1) is 25.9 Å². The van der Waals surface area contributed by atoms with Gasteiger partial charge in [-0.3, -0.25) is 4.68 Å². The normalized spacial score (nSPS) is 10.8. The maximum Gasteiger partial charge on any atom is 0.219 e. The summed E-state index contributed by atoms with van der Waals surface area (Å²) in [5.74, 6) is 2.68. The van der Waals surface area contributed by atoms with Gasteiger partial charge >= 0.3 is 0 Å². The monoisotopic (exact) mass is 522 g/mol. The topological polar surface area (TPSA) is 85.6 Å². The van der Waals surface area contributed by atoms with E-state index in [2.05, 4.69) is 25.7 Å². The van der Waals surface area contributed by atoms with Gasteiger partial charge in [0.15, 0.2) is 5.96 Å². The number of rotatable bonds is 8. The van der Waals surface area contributed by atoms with E-state index >= 15 is 0 Å². The van der Waals surface area contributed by atoms with Crippen molar-refractivity contribution in [3.63, 3.8) is 0 Å². The van der Waals surface area contributed by atoms with Crippen molar-refractivity contribution < 1.29 is 9.47 Å². The molecule has 0 radical (unpaired) electrons. The molecule has 2 aromatic heterocycles. The minimum Gasteiger partial charge on any atom is -0.497 e. The quantitative estimate of drug-likeness (QED) is 0.268. The highest BCUT2D eigenvalue weighted by Gasteiger charge is 2.03. The number of halogens is 1. The van der Waals surface area contributed by atoms with E-state index in [1.807, 2.05) is 61.1 Å². The summed E-state index contributed by atoms with van der Waals surface area (Å²) in [4.78, 5) is 8.98. The predicted octanol–water partition coefficient (Wildman–Crippen LogP) is 3.49. The van der Waals surface area contributed by atoms with E-state index in [4.69, 9.17) is 9.47 Å². The fourth-order valence-electron chi connectivity index (χ4n) is 2.61. The van der Waals surface area contributed by atoms with E-state index in [1.165, 1.54) is 0 Å². The van der Waals surface area contributed by atoms with Gasteiger partial charge in [-0.2, -0.15) is 5.10 Å². The lowest BCUT2D eigenvalue weighted by Gasteiger charge is -2.11. The number of guanidine groups is 1. The summed E-state index contributed by atoms with van der Waals surface area (Å²) >= 11 is 0. The number of methoxy groups -OCH3 is 1. The Morgan fingerprint density at radius 3 is 2.63 bits per heavy atom. The highest BCUT2D eigenvalue weighted by atomic mass is 127. The number of aryl methyl sites for hydroxylation is 1. The molecule has 30 heavy (non-hydrogen) atoms. The van der Waals surface area contributed by atoms with Crippen LogP contribution < -0.4 is 20.1 Å². The number of benzene rings is 1. The van der Waals surface area contributed by atoms with E-state index in [-0.39, 0.29) is 24.0 Å². The lowest BCUT2D eigenvalue weighted by molar-refractivity contribution is 0.407. The molecule has 0 saturated carbocycles. The van der Waals surface area contributed by atoms with E-state index in [9.17, 15) is 0 Å². The zero-order valence-electron chi connectivity index (χ0n) is 17.3. The van der Waals surface area contributed by atoms with Gasteiger partial charge in [0, 0.05) is 38.1 Å². The third-order valence-corrected chi connectivity index (χ3v) is 4.18. The average Bonchev–Trinajstić information content (AvgIpc) is 3.16. The van der Waals surface area contributed by atoms with Gasteiger partial charge in [-0.1, -0.05) is 12.1 Å². The summed E-state index contributed by atoms with van der Waals surface area (Å²) in [6, 6.07) is 13.2. The van der Waals surface area contributed by atoms with Gasteiger partial charge in [0.25, 0.3) is 0 Å². The number of aromatic nitrogens is 3. The average molecular weight is 522 g/mol. The number of ether oxygens (including phenoxy) is 2. The van der Waals surface area contributed by atoms with Crippen LogP contribution in [-0.2, 0) is 20.1 Å². The van der Waals surface area contributed by atoms with E-state index < -0.39 is 0 Å². The smallest absolute Gasteiger partial charge is 0.219 e. The first-order valence-electron chi connectivity index (χ1n) is 9.44. The molecule has 0 amide bonds. The summed E-state index contributed by atoms with van der Waals surface area (Å²) in [6.07, 6.45) is 3.55. The largest absolute Gasteiger partial charge is 0.497 e. The molecule has 0 spiro atoms. The van der Waals surface area contributed by atoms with Crippen molar-refractivity contribution in [1.29, 1.82) is 0 Å². The Balaban J connectivity index is 0.00000320. The molecule has 0 bridgehead atoms.